The number of rotatable bonds is 3. The van der Waals surface area contributed by atoms with Crippen molar-refractivity contribution in [1.82, 2.24) is 0 Å². The molecule has 0 spiro atoms. The van der Waals surface area contributed by atoms with E-state index in [1.165, 1.54) is 4.88 Å². The Labute approximate surface area is 150 Å². The fourth-order valence-corrected chi connectivity index (χ4v) is 3.79. The third-order valence-corrected chi connectivity index (χ3v) is 5.22. The normalized spacial score (nSPS) is 14.5. The number of amides is 1. The van der Waals surface area contributed by atoms with Crippen LogP contribution in [0.15, 0.2) is 54.6 Å². The first-order valence-corrected chi connectivity index (χ1v) is 8.84. The fraction of sp³-hybridized carbons (Fsp3) is 0.0952. The molecule has 1 amide bonds. The molecule has 4 rings (SSSR count). The molecule has 0 radical (unpaired) electrons. The van der Waals surface area contributed by atoms with Gasteiger partial charge in [0.15, 0.2) is 0 Å². The van der Waals surface area contributed by atoms with Gasteiger partial charge in [-0.2, -0.15) is 0 Å². The second kappa shape index (κ2) is 6.22. The van der Waals surface area contributed by atoms with Crippen LogP contribution in [0.4, 0.5) is 5.69 Å². The zero-order valence-electron chi connectivity index (χ0n) is 14.0. The highest BCUT2D eigenvalue weighted by atomic mass is 32.1. The summed E-state index contributed by atoms with van der Waals surface area (Å²) in [4.78, 5) is 14.7. The monoisotopic (exact) mass is 347 g/mol. The molecule has 0 unspecified atom stereocenters. The van der Waals surface area contributed by atoms with Crippen molar-refractivity contribution in [1.29, 1.82) is 0 Å². The van der Waals surface area contributed by atoms with Crippen molar-refractivity contribution in [2.45, 2.75) is 6.92 Å². The molecule has 1 aliphatic rings. The first-order chi connectivity index (χ1) is 12.1. The maximum Gasteiger partial charge on any atom is 0.256 e. The molecule has 0 saturated heterocycles. The second-order valence-corrected chi connectivity index (χ2v) is 7.27. The van der Waals surface area contributed by atoms with Crippen LogP contribution < -0.4 is 10.1 Å². The van der Waals surface area contributed by atoms with Crippen molar-refractivity contribution in [3.05, 3.63) is 69.9 Å². The molecule has 124 valence electrons. The number of nitrogens with one attached hydrogen (secondary N) is 1. The van der Waals surface area contributed by atoms with Gasteiger partial charge in [0, 0.05) is 21.0 Å². The molecule has 25 heavy (non-hydrogen) atoms. The third kappa shape index (κ3) is 2.96. The lowest BCUT2D eigenvalue weighted by molar-refractivity contribution is -0.110. The zero-order chi connectivity index (χ0) is 17.4. The van der Waals surface area contributed by atoms with Crippen molar-refractivity contribution in [3.8, 4) is 16.9 Å². The van der Waals surface area contributed by atoms with Crippen LogP contribution in [0.5, 0.6) is 5.75 Å². The molecule has 0 saturated carbocycles. The lowest BCUT2D eigenvalue weighted by atomic mass is 10.00. The van der Waals surface area contributed by atoms with Crippen LogP contribution in [0.25, 0.3) is 22.8 Å². The van der Waals surface area contributed by atoms with E-state index in [9.17, 15) is 4.79 Å². The quantitative estimate of drug-likeness (QED) is 0.659. The summed E-state index contributed by atoms with van der Waals surface area (Å²) in [6.45, 7) is 2.07. The Morgan fingerprint density at radius 3 is 2.44 bits per heavy atom. The molecule has 1 N–H and O–H groups in total. The van der Waals surface area contributed by atoms with Crippen molar-refractivity contribution in [3.63, 3.8) is 0 Å². The largest absolute Gasteiger partial charge is 0.497 e. The highest BCUT2D eigenvalue weighted by molar-refractivity contribution is 7.12. The first-order valence-electron chi connectivity index (χ1n) is 8.02. The van der Waals surface area contributed by atoms with Gasteiger partial charge < -0.3 is 10.1 Å². The van der Waals surface area contributed by atoms with Crippen LogP contribution in [-0.2, 0) is 4.79 Å². The van der Waals surface area contributed by atoms with E-state index in [0.29, 0.717) is 0 Å². The summed E-state index contributed by atoms with van der Waals surface area (Å²) in [6, 6.07) is 18.1. The predicted molar refractivity (Wildman–Crippen MR) is 104 cm³/mol. The van der Waals surface area contributed by atoms with Crippen LogP contribution in [0, 0.1) is 6.92 Å². The lowest BCUT2D eigenvalue weighted by Gasteiger charge is -2.06. The first kappa shape index (κ1) is 15.7. The summed E-state index contributed by atoms with van der Waals surface area (Å²) in [5.41, 5.74) is 4.68. The van der Waals surface area contributed by atoms with Gasteiger partial charge in [-0.25, -0.2) is 0 Å². The number of benzene rings is 2. The summed E-state index contributed by atoms with van der Waals surface area (Å²) in [6.07, 6.45) is 1.96. The summed E-state index contributed by atoms with van der Waals surface area (Å²) < 4.78 is 5.20. The number of hydrogen-bond acceptors (Lipinski definition) is 3. The molecule has 2 aromatic carbocycles. The molecule has 4 heteroatoms. The van der Waals surface area contributed by atoms with Crippen LogP contribution >= 0.6 is 11.3 Å². The highest BCUT2D eigenvalue weighted by Gasteiger charge is 2.24. The molecule has 0 atom stereocenters. The van der Waals surface area contributed by atoms with E-state index in [2.05, 4.69) is 24.4 Å². The van der Waals surface area contributed by atoms with Crippen molar-refractivity contribution < 1.29 is 9.53 Å². The Morgan fingerprint density at radius 2 is 1.76 bits per heavy atom. The standard InChI is InChI=1S/C21H17NO2S/c1-13-3-9-17(25-13)12-19-18-10-6-15(11-20(18)22-21(19)23)14-4-7-16(24-2)8-5-14/h3-12H,1-2H3,(H,22,23)/b19-12-. The average Bonchev–Trinajstić information content (AvgIpc) is 3.18. The maximum atomic E-state index is 12.4. The Bertz CT molecular complexity index is 983. The smallest absolute Gasteiger partial charge is 0.256 e. The lowest BCUT2D eigenvalue weighted by Crippen LogP contribution is -2.03. The van der Waals surface area contributed by atoms with Crippen molar-refractivity contribution in [2.75, 3.05) is 12.4 Å². The predicted octanol–water partition coefficient (Wildman–Crippen LogP) is 5.22. The van der Waals surface area contributed by atoms with Gasteiger partial charge in [0.25, 0.3) is 5.91 Å². The number of thiophene rings is 1. The molecule has 3 aromatic rings. The Balaban J connectivity index is 1.71. The van der Waals surface area contributed by atoms with E-state index in [0.717, 1.165) is 38.6 Å². The number of carbonyl (C=O) groups excluding carboxylic acids is 1. The van der Waals surface area contributed by atoms with Gasteiger partial charge in [0.2, 0.25) is 0 Å². The van der Waals surface area contributed by atoms with Crippen molar-refractivity contribution >= 4 is 34.6 Å². The second-order valence-electron chi connectivity index (χ2n) is 5.95. The fourth-order valence-electron chi connectivity index (χ4n) is 2.97. The van der Waals surface area contributed by atoms with E-state index in [1.54, 1.807) is 18.4 Å². The van der Waals surface area contributed by atoms with E-state index in [1.807, 2.05) is 48.5 Å². The van der Waals surface area contributed by atoms with E-state index >= 15 is 0 Å². The number of anilines is 1. The van der Waals surface area contributed by atoms with Crippen LogP contribution in [0.3, 0.4) is 0 Å². The SMILES string of the molecule is COc1ccc(-c2ccc3c(c2)NC(=O)/C3=C\c2ccc(C)s2)cc1. The minimum Gasteiger partial charge on any atom is -0.497 e. The Hall–Kier alpha value is -2.85. The van der Waals surface area contributed by atoms with Crippen LogP contribution in [0.1, 0.15) is 15.3 Å². The Kier molecular flexibility index (Phi) is 3.90. The van der Waals surface area contributed by atoms with E-state index in [4.69, 9.17) is 4.74 Å². The van der Waals surface area contributed by atoms with Gasteiger partial charge in [0.1, 0.15) is 5.75 Å². The highest BCUT2D eigenvalue weighted by Crippen LogP contribution is 2.37. The minimum absolute atomic E-state index is 0.0482. The third-order valence-electron chi connectivity index (χ3n) is 4.27. The molecular weight excluding hydrogens is 330 g/mol. The number of hydrogen-bond donors (Lipinski definition) is 1. The van der Waals surface area contributed by atoms with E-state index in [-0.39, 0.29) is 5.91 Å². The average molecular weight is 347 g/mol. The molecule has 0 fully saturated rings. The Morgan fingerprint density at radius 1 is 1.00 bits per heavy atom. The minimum atomic E-state index is -0.0482. The molecular formula is C21H17NO2S. The van der Waals surface area contributed by atoms with Crippen LogP contribution in [-0.4, -0.2) is 13.0 Å². The van der Waals surface area contributed by atoms with Gasteiger partial charge in [0.05, 0.1) is 12.7 Å². The topological polar surface area (TPSA) is 38.3 Å². The molecule has 2 heterocycles. The van der Waals surface area contributed by atoms with Gasteiger partial charge in [-0.3, -0.25) is 4.79 Å². The van der Waals surface area contributed by atoms with Gasteiger partial charge in [-0.05, 0) is 54.5 Å². The molecule has 1 aliphatic heterocycles. The summed E-state index contributed by atoms with van der Waals surface area (Å²) >= 11 is 1.69. The summed E-state index contributed by atoms with van der Waals surface area (Å²) in [7, 11) is 1.66. The summed E-state index contributed by atoms with van der Waals surface area (Å²) in [5.74, 6) is 0.780. The van der Waals surface area contributed by atoms with Crippen molar-refractivity contribution in [2.24, 2.45) is 0 Å². The molecule has 1 aromatic heterocycles. The molecule has 0 bridgehead atoms. The van der Waals surface area contributed by atoms with Gasteiger partial charge >= 0.3 is 0 Å². The maximum absolute atomic E-state index is 12.4. The number of aryl methyl sites for hydroxylation is 1. The molecule has 3 nitrogen and oxygen atoms in total. The zero-order valence-corrected chi connectivity index (χ0v) is 14.8. The number of fused-ring (bicyclic) bond motifs is 1. The van der Waals surface area contributed by atoms with Crippen LogP contribution in [0.2, 0.25) is 0 Å². The molecule has 0 aliphatic carbocycles. The van der Waals surface area contributed by atoms with E-state index < -0.39 is 0 Å². The summed E-state index contributed by atoms with van der Waals surface area (Å²) in [5, 5.41) is 2.98. The number of carbonyl (C=O) groups is 1. The van der Waals surface area contributed by atoms with Gasteiger partial charge in [-0.1, -0.05) is 24.3 Å². The number of ether oxygens (including phenoxy) is 1. The number of methoxy groups -OCH3 is 1. The van der Waals surface area contributed by atoms with Gasteiger partial charge in [-0.15, -0.1) is 11.3 Å².